The van der Waals surface area contributed by atoms with E-state index in [2.05, 4.69) is 10.3 Å². The van der Waals surface area contributed by atoms with Crippen LogP contribution < -0.4 is 5.32 Å². The number of alkyl halides is 2. The molecule has 0 aliphatic heterocycles. The Hall–Kier alpha value is -4.03. The fourth-order valence-corrected chi connectivity index (χ4v) is 4.11. The lowest BCUT2D eigenvalue weighted by Crippen LogP contribution is -2.40. The lowest BCUT2D eigenvalue weighted by Gasteiger charge is -2.21. The van der Waals surface area contributed by atoms with Crippen LogP contribution in [0.3, 0.4) is 0 Å². The summed E-state index contributed by atoms with van der Waals surface area (Å²) in [6.07, 6.45) is 9.97. The van der Waals surface area contributed by atoms with Crippen molar-refractivity contribution in [2.24, 2.45) is 10.9 Å². The average molecular weight is 554 g/mol. The number of ketones is 1. The highest BCUT2D eigenvalue weighted by Crippen LogP contribution is 2.31. The Labute approximate surface area is 233 Å². The Morgan fingerprint density at radius 2 is 2.00 bits per heavy atom. The Balaban J connectivity index is 2.57. The molecule has 0 radical (unpaired) electrons. The zero-order chi connectivity index (χ0) is 29.9. The van der Waals surface area contributed by atoms with Gasteiger partial charge in [-0.25, -0.2) is 4.39 Å². The van der Waals surface area contributed by atoms with Gasteiger partial charge in [-0.2, -0.15) is 14.0 Å². The van der Waals surface area contributed by atoms with Gasteiger partial charge >= 0.3 is 0 Å². The lowest BCUT2D eigenvalue weighted by molar-refractivity contribution is -0.124. The van der Waals surface area contributed by atoms with E-state index >= 15 is 0 Å². The molecule has 0 saturated heterocycles. The highest BCUT2D eigenvalue weighted by Gasteiger charge is 2.31. The fraction of sp³-hybridized carbons (Fsp3) is 0.355. The lowest BCUT2D eigenvalue weighted by atomic mass is 9.83. The molecule has 9 heteroatoms. The van der Waals surface area contributed by atoms with Gasteiger partial charge in [0.05, 0.1) is 24.0 Å². The van der Waals surface area contributed by atoms with Gasteiger partial charge in [-0.05, 0) is 61.1 Å². The second kappa shape index (κ2) is 14.9. The summed E-state index contributed by atoms with van der Waals surface area (Å²) in [7, 11) is 1.43. The first-order chi connectivity index (χ1) is 19.0. The van der Waals surface area contributed by atoms with E-state index < -0.39 is 47.9 Å². The van der Waals surface area contributed by atoms with E-state index in [9.17, 15) is 33.1 Å². The number of halogens is 3. The molecule has 2 unspecified atom stereocenters. The molecule has 6 nitrogen and oxygen atoms in total. The van der Waals surface area contributed by atoms with Crippen LogP contribution in [0.1, 0.15) is 45.1 Å². The number of Topliss-reactive ketones (excluding diaryl/α,β-unsaturated/α-hetero) is 1. The molecule has 3 atom stereocenters. The van der Waals surface area contributed by atoms with E-state index in [1.54, 1.807) is 38.1 Å². The minimum absolute atomic E-state index is 0.0988. The number of benzene rings is 1. The third-order valence-corrected chi connectivity index (χ3v) is 6.66. The normalized spacial score (nSPS) is 20.6. The summed E-state index contributed by atoms with van der Waals surface area (Å²) in [6.45, 7) is 4.17. The van der Waals surface area contributed by atoms with Crippen LogP contribution in [0.2, 0.25) is 0 Å². The number of nitriles is 1. The summed E-state index contributed by atoms with van der Waals surface area (Å²) in [5.41, 5.74) is 0.674. The minimum atomic E-state index is -3.14. The standard InChI is InChI=1S/C31H34F3N3O3/c1-5-15-31(33,34)24-11-7-6-9-22(13-14-24)28(36-4)17-27(30(40)37-26(18-35)19-38)29(39)21(3)20(2)23-10-8-12-25(32)16-23/h5-6,8-10,12-17,20-21,26,38H,7,11,19H2,1-4H3,(H,37,40)/b9-6-,15-5+,22-13+,24-14+,27-17+,36-28?/t20?,21?,26-/m0/s1. The second-order valence-electron chi connectivity index (χ2n) is 9.38. The largest absolute Gasteiger partial charge is 0.393 e. The van der Waals surface area contributed by atoms with Crippen LogP contribution in [0.5, 0.6) is 0 Å². The Bertz CT molecular complexity index is 1320. The van der Waals surface area contributed by atoms with Gasteiger partial charge in [0, 0.05) is 18.5 Å². The number of hydrogen-bond donors (Lipinski definition) is 2. The monoisotopic (exact) mass is 553 g/mol. The van der Waals surface area contributed by atoms with E-state index in [1.165, 1.54) is 56.5 Å². The molecule has 1 amide bonds. The molecule has 1 aromatic carbocycles. The van der Waals surface area contributed by atoms with Gasteiger partial charge in [0.15, 0.2) is 5.78 Å². The summed E-state index contributed by atoms with van der Waals surface area (Å²) in [4.78, 5) is 31.1. The van der Waals surface area contributed by atoms with Crippen molar-refractivity contribution in [2.75, 3.05) is 13.7 Å². The topological polar surface area (TPSA) is 103 Å². The third kappa shape index (κ3) is 8.48. The number of amides is 1. The molecule has 40 heavy (non-hydrogen) atoms. The van der Waals surface area contributed by atoms with Crippen molar-refractivity contribution in [2.45, 2.75) is 51.5 Å². The van der Waals surface area contributed by atoms with Gasteiger partial charge in [0.1, 0.15) is 11.9 Å². The number of hydrogen-bond acceptors (Lipinski definition) is 5. The number of carbonyl (C=O) groups is 2. The summed E-state index contributed by atoms with van der Waals surface area (Å²) in [5, 5.41) is 20.9. The third-order valence-electron chi connectivity index (χ3n) is 6.66. The van der Waals surface area contributed by atoms with Crippen molar-refractivity contribution < 1.29 is 27.9 Å². The van der Waals surface area contributed by atoms with E-state index in [0.29, 0.717) is 17.6 Å². The smallest absolute Gasteiger partial charge is 0.288 e. The summed E-state index contributed by atoms with van der Waals surface area (Å²) in [5.74, 6) is -6.38. The van der Waals surface area contributed by atoms with Crippen LogP contribution in [0, 0.1) is 23.1 Å². The predicted molar refractivity (Wildman–Crippen MR) is 149 cm³/mol. The first-order valence-electron chi connectivity index (χ1n) is 12.9. The molecule has 0 aromatic heterocycles. The Morgan fingerprint density at radius 3 is 2.60 bits per heavy atom. The molecule has 0 saturated carbocycles. The van der Waals surface area contributed by atoms with Crippen LogP contribution in [-0.2, 0) is 9.59 Å². The quantitative estimate of drug-likeness (QED) is 0.123. The van der Waals surface area contributed by atoms with Gasteiger partial charge < -0.3 is 10.4 Å². The first kappa shape index (κ1) is 32.2. The number of allylic oxidation sites excluding steroid dienone is 9. The highest BCUT2D eigenvalue weighted by molar-refractivity contribution is 6.26. The van der Waals surface area contributed by atoms with E-state index in [1.807, 2.05) is 0 Å². The van der Waals surface area contributed by atoms with Gasteiger partial charge in [-0.3, -0.25) is 14.6 Å². The van der Waals surface area contributed by atoms with Crippen molar-refractivity contribution in [1.29, 1.82) is 5.26 Å². The number of aliphatic imine (C=N–C) groups is 1. The van der Waals surface area contributed by atoms with Crippen LogP contribution in [-0.4, -0.2) is 48.1 Å². The molecule has 1 aromatic rings. The summed E-state index contributed by atoms with van der Waals surface area (Å²) >= 11 is 0. The highest BCUT2D eigenvalue weighted by atomic mass is 19.3. The van der Waals surface area contributed by atoms with Gasteiger partial charge in [0.25, 0.3) is 11.8 Å². The Kier molecular flexibility index (Phi) is 12.0. The van der Waals surface area contributed by atoms with Crippen molar-refractivity contribution >= 4 is 17.4 Å². The van der Waals surface area contributed by atoms with Crippen LogP contribution in [0.15, 0.2) is 88.5 Å². The number of aliphatic hydroxyl groups excluding tert-OH is 1. The van der Waals surface area contributed by atoms with Crippen LogP contribution in [0.25, 0.3) is 0 Å². The maximum absolute atomic E-state index is 14.6. The summed E-state index contributed by atoms with van der Waals surface area (Å²) < 4.78 is 42.9. The SMILES string of the molecule is C/C=C/C(F)(F)/C1=C/C=C(C(/C=C(/C(=O)N[C@@H](C#N)CO)C(=O)C(C)C(C)c2cccc(F)c2)=NC)\C=C/CC1. The molecule has 0 heterocycles. The number of carbonyl (C=O) groups excluding carboxylic acids is 2. The molecule has 0 spiro atoms. The van der Waals surface area contributed by atoms with Crippen LogP contribution in [0.4, 0.5) is 13.2 Å². The molecular weight excluding hydrogens is 519 g/mol. The zero-order valence-corrected chi connectivity index (χ0v) is 23.0. The molecule has 212 valence electrons. The predicted octanol–water partition coefficient (Wildman–Crippen LogP) is 5.55. The van der Waals surface area contributed by atoms with Gasteiger partial charge in [-0.1, -0.05) is 56.4 Å². The van der Waals surface area contributed by atoms with Crippen LogP contribution >= 0.6 is 0 Å². The molecular formula is C31H34F3N3O3. The van der Waals surface area contributed by atoms with E-state index in [4.69, 9.17) is 0 Å². The summed E-state index contributed by atoms with van der Waals surface area (Å²) in [6, 6.07) is 6.27. The number of aliphatic hydroxyl groups is 1. The van der Waals surface area contributed by atoms with E-state index in [0.717, 1.165) is 6.08 Å². The van der Waals surface area contributed by atoms with Crippen molar-refractivity contribution in [3.8, 4) is 6.07 Å². The van der Waals surface area contributed by atoms with Crippen molar-refractivity contribution in [1.82, 2.24) is 5.32 Å². The Morgan fingerprint density at radius 1 is 1.27 bits per heavy atom. The maximum atomic E-state index is 14.6. The fourth-order valence-electron chi connectivity index (χ4n) is 4.11. The molecule has 0 bridgehead atoms. The van der Waals surface area contributed by atoms with Crippen molar-refractivity contribution in [3.63, 3.8) is 0 Å². The number of nitrogens with one attached hydrogen (secondary N) is 1. The zero-order valence-electron chi connectivity index (χ0n) is 23.0. The maximum Gasteiger partial charge on any atom is 0.288 e. The molecule has 2 rings (SSSR count). The van der Waals surface area contributed by atoms with Gasteiger partial charge in [0.2, 0.25) is 0 Å². The van der Waals surface area contributed by atoms with E-state index in [-0.39, 0.29) is 23.3 Å². The molecule has 2 N–H and O–H groups in total. The second-order valence-corrected chi connectivity index (χ2v) is 9.38. The van der Waals surface area contributed by atoms with Crippen molar-refractivity contribution in [3.05, 3.63) is 94.9 Å². The van der Waals surface area contributed by atoms with Gasteiger partial charge in [-0.15, -0.1) is 0 Å². The first-order valence-corrected chi connectivity index (χ1v) is 12.9. The number of nitrogens with zero attached hydrogens (tertiary/aromatic N) is 2. The molecule has 0 fully saturated rings. The molecule has 1 aliphatic carbocycles. The molecule has 1 aliphatic rings. The number of rotatable bonds is 11. The minimum Gasteiger partial charge on any atom is -0.393 e. The average Bonchev–Trinajstić information content (AvgIpc) is 2.91.